The Morgan fingerprint density at radius 1 is 1.29 bits per heavy atom. The molecule has 2 aromatic rings. The average Bonchev–Trinajstić information content (AvgIpc) is 2.61. The number of para-hydroxylation sites is 1. The number of H-pyrrole nitrogens is 1. The van der Waals surface area contributed by atoms with Gasteiger partial charge in [0.05, 0.1) is 0 Å². The molecule has 14 heavy (non-hydrogen) atoms. The number of aromatic amines is 1. The van der Waals surface area contributed by atoms with Crippen molar-refractivity contribution >= 4 is 21.0 Å². The third kappa shape index (κ3) is 1.39. The van der Waals surface area contributed by atoms with E-state index < -0.39 is 10.1 Å². The molecule has 0 aliphatic heterocycles. The van der Waals surface area contributed by atoms with Crippen LogP contribution in [0.2, 0.25) is 0 Å². The summed E-state index contributed by atoms with van der Waals surface area (Å²) < 4.78 is 25.5. The highest BCUT2D eigenvalue weighted by molar-refractivity contribution is 7.86. The molecule has 0 saturated heterocycles. The summed E-state index contributed by atoms with van der Waals surface area (Å²) in [6.45, 7) is 0. The lowest BCUT2D eigenvalue weighted by Gasteiger charge is -1.92. The lowest BCUT2D eigenvalue weighted by Crippen LogP contribution is -2.02. The van der Waals surface area contributed by atoms with Crippen LogP contribution in [0.3, 0.4) is 0 Å². The van der Waals surface area contributed by atoms with E-state index in [2.05, 4.69) is 9.32 Å². The van der Waals surface area contributed by atoms with Gasteiger partial charge in [-0.25, -0.2) is 5.26 Å². The predicted molar refractivity (Wildman–Crippen MR) is 49.2 cm³/mol. The van der Waals surface area contributed by atoms with Crippen LogP contribution < -0.4 is 0 Å². The molecule has 1 aromatic heterocycles. The zero-order valence-electron chi connectivity index (χ0n) is 6.97. The van der Waals surface area contributed by atoms with Gasteiger partial charge >= 0.3 is 10.1 Å². The molecule has 74 valence electrons. The Hall–Kier alpha value is -1.37. The van der Waals surface area contributed by atoms with E-state index in [0.717, 1.165) is 5.39 Å². The molecule has 0 atom stereocenters. The molecular weight excluding hydrogens is 206 g/mol. The molecule has 0 radical (unpaired) electrons. The molecule has 0 aliphatic rings. The first-order chi connectivity index (χ1) is 6.63. The Morgan fingerprint density at radius 3 is 2.64 bits per heavy atom. The van der Waals surface area contributed by atoms with Gasteiger partial charge in [0.1, 0.15) is 0 Å². The summed E-state index contributed by atoms with van der Waals surface area (Å²) in [4.78, 5) is 2.61. The van der Waals surface area contributed by atoms with E-state index in [9.17, 15) is 8.42 Å². The van der Waals surface area contributed by atoms with E-state index in [1.54, 1.807) is 24.3 Å². The van der Waals surface area contributed by atoms with Crippen molar-refractivity contribution in [2.75, 3.05) is 0 Å². The Morgan fingerprint density at radius 2 is 2.00 bits per heavy atom. The summed E-state index contributed by atoms with van der Waals surface area (Å²) >= 11 is 0. The molecule has 6 heteroatoms. The minimum atomic E-state index is -4.06. The number of nitrogens with one attached hydrogen (secondary N) is 1. The fourth-order valence-corrected chi connectivity index (χ4v) is 1.81. The summed E-state index contributed by atoms with van der Waals surface area (Å²) in [7, 11) is -4.06. The van der Waals surface area contributed by atoms with Gasteiger partial charge in [-0.15, -0.1) is 4.33 Å². The number of benzene rings is 1. The predicted octanol–water partition coefficient (Wildman–Crippen LogP) is 1.35. The first-order valence-electron chi connectivity index (χ1n) is 3.79. The Bertz CT molecular complexity index is 524. The van der Waals surface area contributed by atoms with Crippen molar-refractivity contribution in [2.45, 2.75) is 5.03 Å². The average molecular weight is 213 g/mol. The first kappa shape index (κ1) is 9.20. The van der Waals surface area contributed by atoms with Gasteiger partial charge < -0.3 is 4.98 Å². The normalized spacial score (nSPS) is 12.1. The molecular formula is C8H7NO4S. The van der Waals surface area contributed by atoms with E-state index >= 15 is 0 Å². The molecule has 2 rings (SSSR count). The molecule has 5 nitrogen and oxygen atoms in total. The molecule has 0 unspecified atom stereocenters. The maximum atomic E-state index is 11.1. The molecule has 2 N–H and O–H groups in total. The summed E-state index contributed by atoms with van der Waals surface area (Å²) in [5.74, 6) is 0. The second-order valence-corrected chi connectivity index (χ2v) is 4.25. The van der Waals surface area contributed by atoms with E-state index in [4.69, 9.17) is 5.26 Å². The summed E-state index contributed by atoms with van der Waals surface area (Å²) in [5.41, 5.74) is 0.670. The maximum Gasteiger partial charge on any atom is 0.338 e. The van der Waals surface area contributed by atoms with Gasteiger partial charge in [0.25, 0.3) is 0 Å². The van der Waals surface area contributed by atoms with Crippen LogP contribution in [0.5, 0.6) is 0 Å². The number of aromatic nitrogens is 1. The number of hydrogen-bond donors (Lipinski definition) is 2. The fraction of sp³-hybridized carbons (Fsp3) is 0. The van der Waals surface area contributed by atoms with Gasteiger partial charge in [-0.05, 0) is 12.1 Å². The molecule has 0 amide bonds. The largest absolute Gasteiger partial charge is 0.344 e. The van der Waals surface area contributed by atoms with Gasteiger partial charge in [0, 0.05) is 10.9 Å². The van der Waals surface area contributed by atoms with Crippen molar-refractivity contribution in [1.82, 2.24) is 4.98 Å². The minimum Gasteiger partial charge on any atom is -0.344 e. The minimum absolute atomic E-state index is 0.166. The lowest BCUT2D eigenvalue weighted by atomic mass is 10.3. The highest BCUT2D eigenvalue weighted by Gasteiger charge is 2.17. The first-order valence-corrected chi connectivity index (χ1v) is 5.20. The second-order valence-electron chi connectivity index (χ2n) is 2.75. The SMILES string of the molecule is O=S(=O)(OO)c1cc2ccccc2[nH]1. The van der Waals surface area contributed by atoms with Crippen LogP contribution in [-0.2, 0) is 14.5 Å². The fourth-order valence-electron chi connectivity index (χ4n) is 1.22. The highest BCUT2D eigenvalue weighted by atomic mass is 32.2. The Kier molecular flexibility index (Phi) is 2.03. The summed E-state index contributed by atoms with van der Waals surface area (Å²) in [5, 5.41) is 8.74. The van der Waals surface area contributed by atoms with Crippen LogP contribution >= 0.6 is 0 Å². The number of fused-ring (bicyclic) bond motifs is 1. The van der Waals surface area contributed by atoms with Crippen molar-refractivity contribution in [3.05, 3.63) is 30.3 Å². The van der Waals surface area contributed by atoms with E-state index in [1.807, 2.05) is 0 Å². The molecule has 1 heterocycles. The van der Waals surface area contributed by atoms with Crippen LogP contribution in [0.15, 0.2) is 35.4 Å². The number of hydrogen-bond acceptors (Lipinski definition) is 4. The van der Waals surface area contributed by atoms with Crippen molar-refractivity contribution in [1.29, 1.82) is 0 Å². The van der Waals surface area contributed by atoms with Crippen LogP contribution in [0.4, 0.5) is 0 Å². The van der Waals surface area contributed by atoms with Crippen molar-refractivity contribution in [3.8, 4) is 0 Å². The van der Waals surface area contributed by atoms with Crippen LogP contribution in [-0.4, -0.2) is 18.7 Å². The zero-order valence-corrected chi connectivity index (χ0v) is 7.78. The van der Waals surface area contributed by atoms with Crippen LogP contribution in [0.1, 0.15) is 0 Å². The lowest BCUT2D eigenvalue weighted by molar-refractivity contribution is -0.130. The van der Waals surface area contributed by atoms with Gasteiger partial charge in [-0.1, -0.05) is 18.2 Å². The van der Waals surface area contributed by atoms with E-state index in [-0.39, 0.29) is 5.03 Å². The molecule has 0 aliphatic carbocycles. The van der Waals surface area contributed by atoms with Gasteiger partial charge in [-0.2, -0.15) is 8.42 Å². The van der Waals surface area contributed by atoms with Crippen LogP contribution in [0, 0.1) is 0 Å². The third-order valence-electron chi connectivity index (χ3n) is 1.87. The molecule has 0 bridgehead atoms. The molecule has 0 spiro atoms. The Balaban J connectivity index is 2.67. The van der Waals surface area contributed by atoms with Gasteiger partial charge in [0.2, 0.25) is 0 Å². The monoisotopic (exact) mass is 213 g/mol. The molecule has 0 fully saturated rings. The zero-order chi connectivity index (χ0) is 10.2. The van der Waals surface area contributed by atoms with Crippen LogP contribution in [0.25, 0.3) is 10.9 Å². The van der Waals surface area contributed by atoms with Crippen molar-refractivity contribution in [3.63, 3.8) is 0 Å². The standard InChI is InChI=1S/C8H7NO4S/c10-13-14(11,12)8-5-6-3-1-2-4-7(6)9-8/h1-5,9-10H. The van der Waals surface area contributed by atoms with E-state index in [0.29, 0.717) is 5.52 Å². The summed E-state index contributed by atoms with van der Waals surface area (Å²) in [6.07, 6.45) is 0. The third-order valence-corrected chi connectivity index (χ3v) is 2.83. The number of rotatable bonds is 2. The summed E-state index contributed by atoms with van der Waals surface area (Å²) in [6, 6.07) is 8.43. The molecule has 0 saturated carbocycles. The smallest absolute Gasteiger partial charge is 0.338 e. The van der Waals surface area contributed by atoms with Crippen molar-refractivity contribution < 1.29 is 18.0 Å². The topological polar surface area (TPSA) is 79.4 Å². The maximum absolute atomic E-state index is 11.1. The van der Waals surface area contributed by atoms with Crippen molar-refractivity contribution in [2.24, 2.45) is 0 Å². The quantitative estimate of drug-likeness (QED) is 0.583. The highest BCUT2D eigenvalue weighted by Crippen LogP contribution is 2.18. The van der Waals surface area contributed by atoms with E-state index in [1.165, 1.54) is 6.07 Å². The van der Waals surface area contributed by atoms with Gasteiger partial charge in [0.15, 0.2) is 5.03 Å². The molecule has 1 aromatic carbocycles. The Labute approximate surface area is 80.0 Å². The van der Waals surface area contributed by atoms with Gasteiger partial charge in [-0.3, -0.25) is 0 Å². The second kappa shape index (κ2) is 3.09.